The zero-order valence-electron chi connectivity index (χ0n) is 11.0. The fraction of sp³-hybridized carbons (Fsp3) is 1.00. The van der Waals surface area contributed by atoms with Crippen molar-refractivity contribution in [3.05, 3.63) is 0 Å². The number of ether oxygens (including phenoxy) is 1. The van der Waals surface area contributed by atoms with E-state index in [1.165, 1.54) is 37.6 Å². The minimum atomic E-state index is -0.305. The van der Waals surface area contributed by atoms with E-state index in [0.717, 1.165) is 6.54 Å². The van der Waals surface area contributed by atoms with Gasteiger partial charge >= 0.3 is 0 Å². The minimum Gasteiger partial charge on any atom is -0.385 e. The van der Waals surface area contributed by atoms with Gasteiger partial charge in [0, 0.05) is 0 Å². The predicted octanol–water partition coefficient (Wildman–Crippen LogP) is -2.42. The second-order valence-electron chi connectivity index (χ2n) is 5.09. The number of quaternary nitrogens is 2. The molecule has 1 aliphatic heterocycles. The zero-order chi connectivity index (χ0) is 12.0. The molecule has 0 aromatic carbocycles. The fourth-order valence-corrected chi connectivity index (χ4v) is 2.21. The molecule has 4 nitrogen and oxygen atoms in total. The normalized spacial score (nSPS) is 28.3. The van der Waals surface area contributed by atoms with Crippen LogP contribution in [-0.2, 0) is 4.74 Å². The van der Waals surface area contributed by atoms with Crippen LogP contribution in [0.5, 0.6) is 0 Å². The van der Waals surface area contributed by atoms with Crippen molar-refractivity contribution in [2.75, 3.05) is 45.9 Å². The zero-order valence-corrected chi connectivity index (χ0v) is 11.0. The third kappa shape index (κ3) is 5.25. The average Bonchev–Trinajstić information content (AvgIpc) is 2.27. The molecule has 1 heterocycles. The molecule has 0 aromatic heterocycles. The molecule has 1 rings (SSSR count). The molecule has 1 fully saturated rings. The molecule has 1 atom stereocenters. The first kappa shape index (κ1) is 13.9. The van der Waals surface area contributed by atoms with E-state index in [9.17, 15) is 5.11 Å². The van der Waals surface area contributed by atoms with Gasteiger partial charge in [0.15, 0.2) is 0 Å². The standard InChI is InChI=1S/C12H26N2O2/c1-4-13-5-7-14(8-6-13)9-12(15)10-16-11(2)3/h11-12,15H,4-10H2,1-3H3/p+2/t12-/m0/s1. The Morgan fingerprint density at radius 1 is 1.12 bits per heavy atom. The molecule has 0 unspecified atom stereocenters. The third-order valence-electron chi connectivity index (χ3n) is 3.31. The van der Waals surface area contributed by atoms with Crippen molar-refractivity contribution in [3.8, 4) is 0 Å². The Hall–Kier alpha value is -0.160. The van der Waals surface area contributed by atoms with Crippen LogP contribution in [0.1, 0.15) is 20.8 Å². The molecule has 4 heteroatoms. The van der Waals surface area contributed by atoms with Gasteiger partial charge in [0.25, 0.3) is 0 Å². The van der Waals surface area contributed by atoms with E-state index in [1.54, 1.807) is 4.90 Å². The van der Waals surface area contributed by atoms with E-state index in [-0.39, 0.29) is 12.2 Å². The van der Waals surface area contributed by atoms with Crippen LogP contribution in [0, 0.1) is 0 Å². The van der Waals surface area contributed by atoms with Gasteiger partial charge in [-0.05, 0) is 20.8 Å². The minimum absolute atomic E-state index is 0.214. The molecule has 0 bridgehead atoms. The first-order chi connectivity index (χ1) is 7.61. The third-order valence-corrected chi connectivity index (χ3v) is 3.31. The summed E-state index contributed by atoms with van der Waals surface area (Å²) < 4.78 is 5.42. The Kier molecular flexibility index (Phi) is 6.28. The smallest absolute Gasteiger partial charge is 0.127 e. The number of rotatable bonds is 6. The average molecular weight is 232 g/mol. The molecule has 96 valence electrons. The van der Waals surface area contributed by atoms with E-state index in [1.807, 2.05) is 13.8 Å². The molecule has 0 radical (unpaired) electrons. The summed E-state index contributed by atoms with van der Waals surface area (Å²) in [6, 6.07) is 0. The van der Waals surface area contributed by atoms with Gasteiger partial charge in [0.1, 0.15) is 38.8 Å². The van der Waals surface area contributed by atoms with E-state index < -0.39 is 0 Å². The van der Waals surface area contributed by atoms with Crippen molar-refractivity contribution in [2.45, 2.75) is 33.0 Å². The quantitative estimate of drug-likeness (QED) is 0.477. The van der Waals surface area contributed by atoms with Crippen molar-refractivity contribution in [1.29, 1.82) is 0 Å². The predicted molar refractivity (Wildman–Crippen MR) is 63.9 cm³/mol. The summed E-state index contributed by atoms with van der Waals surface area (Å²) in [4.78, 5) is 3.22. The summed E-state index contributed by atoms with van der Waals surface area (Å²) in [5, 5.41) is 9.82. The highest BCUT2D eigenvalue weighted by molar-refractivity contribution is 4.52. The lowest BCUT2D eigenvalue weighted by molar-refractivity contribution is -1.01. The van der Waals surface area contributed by atoms with Crippen LogP contribution in [0.15, 0.2) is 0 Å². The van der Waals surface area contributed by atoms with Gasteiger partial charge in [-0.1, -0.05) is 0 Å². The van der Waals surface area contributed by atoms with Crippen molar-refractivity contribution >= 4 is 0 Å². The fourth-order valence-electron chi connectivity index (χ4n) is 2.21. The van der Waals surface area contributed by atoms with Crippen LogP contribution in [0.2, 0.25) is 0 Å². The Labute approximate surface area is 99.2 Å². The monoisotopic (exact) mass is 232 g/mol. The molecular weight excluding hydrogens is 204 g/mol. The molecule has 1 saturated heterocycles. The van der Waals surface area contributed by atoms with Crippen molar-refractivity contribution < 1.29 is 19.6 Å². The van der Waals surface area contributed by atoms with Crippen LogP contribution in [0.25, 0.3) is 0 Å². The maximum atomic E-state index is 9.82. The first-order valence-corrected chi connectivity index (χ1v) is 6.58. The topological polar surface area (TPSA) is 38.3 Å². The van der Waals surface area contributed by atoms with E-state index in [4.69, 9.17) is 4.74 Å². The van der Waals surface area contributed by atoms with Gasteiger partial charge in [0.05, 0.1) is 19.3 Å². The lowest BCUT2D eigenvalue weighted by Crippen LogP contribution is -3.28. The SMILES string of the molecule is CC[NH+]1CC[NH+](C[C@H](O)COC(C)C)CC1. The van der Waals surface area contributed by atoms with E-state index in [2.05, 4.69) is 6.92 Å². The van der Waals surface area contributed by atoms with Crippen LogP contribution < -0.4 is 9.80 Å². The number of piperazine rings is 1. The summed E-state index contributed by atoms with van der Waals surface area (Å²) in [5.41, 5.74) is 0. The Bertz CT molecular complexity index is 180. The van der Waals surface area contributed by atoms with Crippen molar-refractivity contribution in [2.24, 2.45) is 0 Å². The van der Waals surface area contributed by atoms with Gasteiger partial charge in [-0.2, -0.15) is 0 Å². The van der Waals surface area contributed by atoms with E-state index >= 15 is 0 Å². The molecule has 0 aliphatic carbocycles. The Balaban J connectivity index is 2.13. The second kappa shape index (κ2) is 7.22. The maximum Gasteiger partial charge on any atom is 0.127 e. The lowest BCUT2D eigenvalue weighted by atomic mass is 10.2. The summed E-state index contributed by atoms with van der Waals surface area (Å²) >= 11 is 0. The molecule has 16 heavy (non-hydrogen) atoms. The molecular formula is C12H28N2O2+2. The first-order valence-electron chi connectivity index (χ1n) is 6.58. The van der Waals surface area contributed by atoms with Gasteiger partial charge < -0.3 is 19.6 Å². The summed E-state index contributed by atoms with van der Waals surface area (Å²) in [7, 11) is 0. The van der Waals surface area contributed by atoms with Gasteiger partial charge in [-0.15, -0.1) is 0 Å². The largest absolute Gasteiger partial charge is 0.385 e. The number of likely N-dealkylation sites (N-methyl/N-ethyl adjacent to an activating group) is 1. The van der Waals surface area contributed by atoms with Gasteiger partial charge in [-0.3, -0.25) is 0 Å². The van der Waals surface area contributed by atoms with Crippen molar-refractivity contribution in [3.63, 3.8) is 0 Å². The molecule has 1 aliphatic rings. The number of hydrogen-bond donors (Lipinski definition) is 3. The lowest BCUT2D eigenvalue weighted by Gasteiger charge is -2.30. The number of aliphatic hydroxyl groups is 1. The van der Waals surface area contributed by atoms with Crippen molar-refractivity contribution in [1.82, 2.24) is 0 Å². The maximum absolute atomic E-state index is 9.82. The Morgan fingerprint density at radius 2 is 1.69 bits per heavy atom. The summed E-state index contributed by atoms with van der Waals surface area (Å²) in [6.45, 7) is 13.6. The van der Waals surface area contributed by atoms with E-state index in [0.29, 0.717) is 6.61 Å². The molecule has 0 aromatic rings. The highest BCUT2D eigenvalue weighted by atomic mass is 16.5. The number of aliphatic hydroxyl groups excluding tert-OH is 1. The molecule has 0 spiro atoms. The summed E-state index contributed by atoms with van der Waals surface area (Å²) in [6.07, 6.45) is -0.0911. The van der Waals surface area contributed by atoms with Gasteiger partial charge in [-0.25, -0.2) is 0 Å². The molecule has 3 N–H and O–H groups in total. The molecule has 0 amide bonds. The highest BCUT2D eigenvalue weighted by Gasteiger charge is 2.23. The number of hydrogen-bond acceptors (Lipinski definition) is 2. The Morgan fingerprint density at radius 3 is 2.19 bits per heavy atom. The number of nitrogens with one attached hydrogen (secondary N) is 2. The van der Waals surface area contributed by atoms with Crippen LogP contribution >= 0.6 is 0 Å². The van der Waals surface area contributed by atoms with Crippen LogP contribution in [-0.4, -0.2) is 63.2 Å². The van der Waals surface area contributed by atoms with Crippen LogP contribution in [0.4, 0.5) is 0 Å². The highest BCUT2D eigenvalue weighted by Crippen LogP contribution is 1.89. The second-order valence-corrected chi connectivity index (χ2v) is 5.09. The molecule has 0 saturated carbocycles. The van der Waals surface area contributed by atoms with Gasteiger partial charge in [0.2, 0.25) is 0 Å². The summed E-state index contributed by atoms with van der Waals surface area (Å²) in [5.74, 6) is 0. The van der Waals surface area contributed by atoms with Crippen LogP contribution in [0.3, 0.4) is 0 Å².